The SMILES string of the molecule is C=CCC(=C)c1csnn1. The molecule has 0 fully saturated rings. The number of nitrogens with zero attached hydrogens (tertiary/aromatic N) is 2. The quantitative estimate of drug-likeness (QED) is 0.620. The maximum atomic E-state index is 3.86. The van der Waals surface area contributed by atoms with E-state index in [1.807, 2.05) is 11.5 Å². The van der Waals surface area contributed by atoms with Crippen molar-refractivity contribution in [1.29, 1.82) is 0 Å². The molecule has 0 bridgehead atoms. The summed E-state index contributed by atoms with van der Waals surface area (Å²) in [7, 11) is 0. The zero-order valence-corrected chi connectivity index (χ0v) is 6.40. The van der Waals surface area contributed by atoms with Crippen molar-refractivity contribution in [1.82, 2.24) is 9.59 Å². The molecule has 1 rings (SSSR count). The third-order valence-corrected chi connectivity index (χ3v) is 1.62. The zero-order chi connectivity index (χ0) is 7.40. The van der Waals surface area contributed by atoms with Gasteiger partial charge in [0.15, 0.2) is 0 Å². The Bertz CT molecular complexity index is 226. The minimum atomic E-state index is 0.783. The van der Waals surface area contributed by atoms with E-state index in [0.717, 1.165) is 17.7 Å². The van der Waals surface area contributed by atoms with Crippen LogP contribution in [0, 0.1) is 0 Å². The van der Waals surface area contributed by atoms with Crippen LogP contribution in [0.15, 0.2) is 24.6 Å². The van der Waals surface area contributed by atoms with Gasteiger partial charge in [0.25, 0.3) is 0 Å². The fourth-order valence-corrected chi connectivity index (χ4v) is 1.09. The van der Waals surface area contributed by atoms with Crippen LogP contribution in [-0.4, -0.2) is 9.59 Å². The summed E-state index contributed by atoms with van der Waals surface area (Å²) in [6, 6.07) is 0. The number of allylic oxidation sites excluding steroid dienone is 2. The molecule has 0 radical (unpaired) electrons. The minimum Gasteiger partial charge on any atom is -0.138 e. The van der Waals surface area contributed by atoms with Gasteiger partial charge in [-0.2, -0.15) is 0 Å². The molecular weight excluding hydrogens is 144 g/mol. The normalized spacial score (nSPS) is 9.20. The molecule has 0 spiro atoms. The van der Waals surface area contributed by atoms with E-state index in [9.17, 15) is 0 Å². The lowest BCUT2D eigenvalue weighted by atomic mass is 10.2. The summed E-state index contributed by atoms with van der Waals surface area (Å²) in [6.07, 6.45) is 2.59. The number of aromatic nitrogens is 2. The molecule has 0 aromatic carbocycles. The highest BCUT2D eigenvalue weighted by atomic mass is 32.1. The van der Waals surface area contributed by atoms with E-state index >= 15 is 0 Å². The Labute approximate surface area is 64.1 Å². The average molecular weight is 152 g/mol. The minimum absolute atomic E-state index is 0.783. The topological polar surface area (TPSA) is 25.8 Å². The fourth-order valence-electron chi connectivity index (χ4n) is 0.597. The fraction of sp³-hybridized carbons (Fsp3) is 0.143. The second-order valence-corrected chi connectivity index (χ2v) is 2.50. The predicted molar refractivity (Wildman–Crippen MR) is 43.8 cm³/mol. The molecule has 52 valence electrons. The van der Waals surface area contributed by atoms with Crippen LogP contribution >= 0.6 is 11.5 Å². The molecule has 10 heavy (non-hydrogen) atoms. The highest BCUT2D eigenvalue weighted by molar-refractivity contribution is 7.03. The number of rotatable bonds is 3. The third kappa shape index (κ3) is 1.51. The molecule has 1 aromatic heterocycles. The summed E-state index contributed by atoms with van der Waals surface area (Å²) in [5.74, 6) is 0. The molecule has 1 heterocycles. The van der Waals surface area contributed by atoms with E-state index in [4.69, 9.17) is 0 Å². The van der Waals surface area contributed by atoms with E-state index < -0.39 is 0 Å². The van der Waals surface area contributed by atoms with Gasteiger partial charge in [0.2, 0.25) is 0 Å². The van der Waals surface area contributed by atoms with Crippen molar-refractivity contribution in [2.24, 2.45) is 0 Å². The van der Waals surface area contributed by atoms with Gasteiger partial charge in [0.1, 0.15) is 5.69 Å². The van der Waals surface area contributed by atoms with Gasteiger partial charge < -0.3 is 0 Å². The molecule has 0 unspecified atom stereocenters. The summed E-state index contributed by atoms with van der Waals surface area (Å²) in [5, 5.41) is 5.74. The first kappa shape index (κ1) is 7.15. The predicted octanol–water partition coefficient (Wildman–Crippen LogP) is 2.13. The Morgan fingerprint density at radius 1 is 1.80 bits per heavy atom. The zero-order valence-electron chi connectivity index (χ0n) is 5.58. The lowest BCUT2D eigenvalue weighted by molar-refractivity contribution is 1.12. The maximum absolute atomic E-state index is 3.86. The summed E-state index contributed by atoms with van der Waals surface area (Å²) >= 11 is 1.34. The third-order valence-electron chi connectivity index (χ3n) is 1.11. The monoisotopic (exact) mass is 152 g/mol. The van der Waals surface area contributed by atoms with Gasteiger partial charge in [0.05, 0.1) is 0 Å². The van der Waals surface area contributed by atoms with E-state index in [1.54, 1.807) is 0 Å². The number of hydrogen-bond acceptors (Lipinski definition) is 3. The Kier molecular flexibility index (Phi) is 2.34. The molecule has 3 heteroatoms. The molecular formula is C7H8N2S. The maximum Gasteiger partial charge on any atom is 0.101 e. The average Bonchev–Trinajstić information content (AvgIpc) is 2.38. The van der Waals surface area contributed by atoms with Crippen molar-refractivity contribution < 1.29 is 0 Å². The molecule has 0 aliphatic carbocycles. The second kappa shape index (κ2) is 3.27. The van der Waals surface area contributed by atoms with Crippen LogP contribution < -0.4 is 0 Å². The Morgan fingerprint density at radius 2 is 2.60 bits per heavy atom. The van der Waals surface area contributed by atoms with E-state index in [2.05, 4.69) is 22.7 Å². The van der Waals surface area contributed by atoms with Gasteiger partial charge in [-0.3, -0.25) is 0 Å². The van der Waals surface area contributed by atoms with Gasteiger partial charge in [-0.05, 0) is 23.5 Å². The molecule has 0 N–H and O–H groups in total. The Morgan fingerprint density at radius 3 is 3.10 bits per heavy atom. The second-order valence-electron chi connectivity index (χ2n) is 1.89. The summed E-state index contributed by atoms with van der Waals surface area (Å²) in [4.78, 5) is 0. The van der Waals surface area contributed by atoms with Crippen LogP contribution in [0.4, 0.5) is 0 Å². The molecule has 0 aliphatic heterocycles. The molecule has 2 nitrogen and oxygen atoms in total. The van der Waals surface area contributed by atoms with Crippen molar-refractivity contribution in [3.8, 4) is 0 Å². The largest absolute Gasteiger partial charge is 0.138 e. The van der Waals surface area contributed by atoms with Crippen LogP contribution in [0.1, 0.15) is 12.1 Å². The van der Waals surface area contributed by atoms with Crippen LogP contribution in [0.2, 0.25) is 0 Å². The van der Waals surface area contributed by atoms with Crippen molar-refractivity contribution in [2.45, 2.75) is 6.42 Å². The van der Waals surface area contributed by atoms with Gasteiger partial charge >= 0.3 is 0 Å². The smallest absolute Gasteiger partial charge is 0.101 e. The summed E-state index contributed by atoms with van der Waals surface area (Å²) < 4.78 is 3.72. The first-order valence-electron chi connectivity index (χ1n) is 2.90. The molecule has 0 amide bonds. The lowest BCUT2D eigenvalue weighted by Crippen LogP contribution is -1.80. The van der Waals surface area contributed by atoms with Gasteiger partial charge in [0, 0.05) is 5.38 Å². The highest BCUT2D eigenvalue weighted by Gasteiger charge is 1.97. The molecule has 0 saturated carbocycles. The molecule has 0 aliphatic rings. The van der Waals surface area contributed by atoms with Crippen molar-refractivity contribution >= 4 is 17.1 Å². The van der Waals surface area contributed by atoms with Gasteiger partial charge in [-0.1, -0.05) is 17.1 Å². The lowest BCUT2D eigenvalue weighted by Gasteiger charge is -1.92. The summed E-state index contributed by atoms with van der Waals surface area (Å²) in [6.45, 7) is 7.42. The van der Waals surface area contributed by atoms with Crippen molar-refractivity contribution in [2.75, 3.05) is 0 Å². The number of hydrogen-bond donors (Lipinski definition) is 0. The molecule has 0 saturated heterocycles. The van der Waals surface area contributed by atoms with Crippen LogP contribution in [0.3, 0.4) is 0 Å². The Hall–Kier alpha value is -0.960. The molecule has 1 aromatic rings. The van der Waals surface area contributed by atoms with Gasteiger partial charge in [-0.25, -0.2) is 0 Å². The van der Waals surface area contributed by atoms with Gasteiger partial charge in [-0.15, -0.1) is 11.7 Å². The standard InChI is InChI=1S/C7H8N2S/c1-3-4-6(2)7-5-10-9-8-7/h3,5H,1-2,4H2. The highest BCUT2D eigenvalue weighted by Crippen LogP contribution is 2.13. The van der Waals surface area contributed by atoms with E-state index in [0.29, 0.717) is 0 Å². The Balaban J connectivity index is 2.68. The van der Waals surface area contributed by atoms with E-state index in [1.165, 1.54) is 11.5 Å². The first-order valence-corrected chi connectivity index (χ1v) is 3.74. The van der Waals surface area contributed by atoms with E-state index in [-0.39, 0.29) is 0 Å². The molecule has 0 atom stereocenters. The first-order chi connectivity index (χ1) is 4.84. The summed E-state index contributed by atoms with van der Waals surface area (Å²) in [5.41, 5.74) is 1.86. The van der Waals surface area contributed by atoms with Crippen LogP contribution in [-0.2, 0) is 0 Å². The van der Waals surface area contributed by atoms with Crippen LogP contribution in [0.5, 0.6) is 0 Å². The van der Waals surface area contributed by atoms with Crippen molar-refractivity contribution in [3.63, 3.8) is 0 Å². The van der Waals surface area contributed by atoms with Crippen LogP contribution in [0.25, 0.3) is 5.57 Å². The van der Waals surface area contributed by atoms with Crippen molar-refractivity contribution in [3.05, 3.63) is 30.3 Å².